The van der Waals surface area contributed by atoms with Crippen LogP contribution in [-0.4, -0.2) is 45.8 Å². The quantitative estimate of drug-likeness (QED) is 0.531. The van der Waals surface area contributed by atoms with Gasteiger partial charge in [0.05, 0.1) is 0 Å². The molecule has 0 aliphatic carbocycles. The molecule has 1 aromatic carbocycles. The van der Waals surface area contributed by atoms with Crippen molar-refractivity contribution in [3.05, 3.63) is 72.1 Å². The van der Waals surface area contributed by atoms with Gasteiger partial charge in [0.1, 0.15) is 0 Å². The number of hydrogen-bond acceptors (Lipinski definition) is 4. The Morgan fingerprint density at radius 2 is 1.86 bits per heavy atom. The average Bonchev–Trinajstić information content (AvgIpc) is 2.73. The van der Waals surface area contributed by atoms with Crippen LogP contribution in [0.25, 0.3) is 11.3 Å². The van der Waals surface area contributed by atoms with Gasteiger partial charge in [0.15, 0.2) is 0 Å². The van der Waals surface area contributed by atoms with Gasteiger partial charge < -0.3 is 0 Å². The van der Waals surface area contributed by atoms with Crippen LogP contribution in [0.2, 0.25) is 0 Å². The van der Waals surface area contributed by atoms with E-state index < -0.39 is 0 Å². The first-order chi connectivity index (χ1) is 13.6. The monoisotopic (exact) mass is 435 g/mol. The topological polar surface area (TPSA) is 96.0 Å². The molecule has 2 radical (unpaired) electrons. The van der Waals surface area contributed by atoms with E-state index in [1.165, 1.54) is 0 Å². The number of rotatable bonds is 5. The van der Waals surface area contributed by atoms with Crippen molar-refractivity contribution < 1.29 is 9.59 Å². The van der Waals surface area contributed by atoms with E-state index in [2.05, 4.69) is 42.8 Å². The minimum atomic E-state index is -0.294. The van der Waals surface area contributed by atoms with Crippen molar-refractivity contribution in [3.8, 4) is 11.3 Å². The number of pyridine rings is 2. The SMILES string of the molecule is CNC(=O)c1ccc(-c2ccc(NC(=O)NCc3cccnc3)cc2)nc1[As]. The molecule has 3 rings (SSSR count). The maximum atomic E-state index is 12.0. The Labute approximate surface area is 171 Å². The molecule has 28 heavy (non-hydrogen) atoms. The van der Waals surface area contributed by atoms with E-state index in [4.69, 9.17) is 0 Å². The van der Waals surface area contributed by atoms with Crippen molar-refractivity contribution >= 4 is 39.0 Å². The van der Waals surface area contributed by atoms with E-state index in [1.54, 1.807) is 43.7 Å². The van der Waals surface area contributed by atoms with Crippen molar-refractivity contribution in [3.63, 3.8) is 0 Å². The number of nitrogens with one attached hydrogen (secondary N) is 3. The molecule has 0 unspecified atom stereocenters. The number of carbonyl (C=O) groups excluding carboxylic acids is 2. The summed E-state index contributed by atoms with van der Waals surface area (Å²) in [6, 6.07) is 14.3. The number of urea groups is 1. The molecular weight excluding hydrogens is 417 g/mol. The van der Waals surface area contributed by atoms with Crippen LogP contribution >= 0.6 is 0 Å². The first-order valence-corrected chi connectivity index (χ1v) is 9.47. The molecule has 0 aliphatic heterocycles. The zero-order valence-electron chi connectivity index (χ0n) is 15.1. The van der Waals surface area contributed by atoms with Gasteiger partial charge in [-0.25, -0.2) is 0 Å². The van der Waals surface area contributed by atoms with Crippen LogP contribution in [0, 0.1) is 0 Å². The Morgan fingerprint density at radius 3 is 2.50 bits per heavy atom. The first kappa shape index (κ1) is 19.6. The number of nitrogens with zero attached hydrogens (tertiary/aromatic N) is 2. The van der Waals surface area contributed by atoms with Gasteiger partial charge in [0.25, 0.3) is 0 Å². The number of carbonyl (C=O) groups is 2. The number of aromatic nitrogens is 2. The second-order valence-corrected chi connectivity index (χ2v) is 6.78. The Morgan fingerprint density at radius 1 is 1.07 bits per heavy atom. The van der Waals surface area contributed by atoms with Gasteiger partial charge in [-0.05, 0) is 6.07 Å². The van der Waals surface area contributed by atoms with Crippen LogP contribution in [0.5, 0.6) is 0 Å². The summed E-state index contributed by atoms with van der Waals surface area (Å²) in [6.07, 6.45) is 3.39. The summed E-state index contributed by atoms with van der Waals surface area (Å²) in [5.74, 6) is -0.175. The summed E-state index contributed by atoms with van der Waals surface area (Å²) in [7, 11) is 1.58. The molecule has 3 amide bonds. The average molecular weight is 435 g/mol. The standard InChI is InChI=1S/C20H18AsN5O2/c1-22-19(27)16-8-9-17(26-18(16)21)14-4-6-15(7-5-14)25-20(28)24-12-13-3-2-10-23-11-13/h2-11H,12H2,1H3,(H,22,27)(H2,24,25,28). The fourth-order valence-electron chi connectivity index (χ4n) is 2.51. The Bertz CT molecular complexity index is 978. The van der Waals surface area contributed by atoms with Crippen LogP contribution in [0.3, 0.4) is 0 Å². The molecule has 140 valence electrons. The van der Waals surface area contributed by atoms with Crippen molar-refractivity contribution in [2.24, 2.45) is 0 Å². The normalized spacial score (nSPS) is 10.2. The van der Waals surface area contributed by atoms with Gasteiger partial charge in [-0.1, -0.05) is 6.07 Å². The Kier molecular flexibility index (Phi) is 6.40. The van der Waals surface area contributed by atoms with Crippen LogP contribution < -0.4 is 20.4 Å². The molecule has 3 aromatic rings. The van der Waals surface area contributed by atoms with Crippen LogP contribution in [-0.2, 0) is 6.54 Å². The van der Waals surface area contributed by atoms with Crippen LogP contribution in [0.1, 0.15) is 15.9 Å². The fourth-order valence-corrected chi connectivity index (χ4v) is 3.10. The fraction of sp³-hybridized carbons (Fsp3) is 0.100. The third-order valence-electron chi connectivity index (χ3n) is 3.96. The first-order valence-electron chi connectivity index (χ1n) is 8.53. The molecule has 0 fully saturated rings. The Hall–Kier alpha value is -3.18. The third kappa shape index (κ3) is 4.96. The summed E-state index contributed by atoms with van der Waals surface area (Å²) in [6.45, 7) is 0.400. The van der Waals surface area contributed by atoms with Gasteiger partial charge in [0, 0.05) is 12.4 Å². The molecule has 0 atom stereocenters. The van der Waals surface area contributed by atoms with E-state index in [-0.39, 0.29) is 11.9 Å². The molecule has 0 aliphatic rings. The molecule has 3 N–H and O–H groups in total. The van der Waals surface area contributed by atoms with Gasteiger partial charge in [0.2, 0.25) is 0 Å². The van der Waals surface area contributed by atoms with E-state index in [0.29, 0.717) is 22.3 Å². The molecule has 0 spiro atoms. The van der Waals surface area contributed by atoms with Crippen molar-refractivity contribution in [1.82, 2.24) is 20.6 Å². The van der Waals surface area contributed by atoms with Crippen molar-refractivity contribution in [2.75, 3.05) is 12.4 Å². The van der Waals surface area contributed by atoms with Crippen LogP contribution in [0.4, 0.5) is 10.5 Å². The number of amides is 3. The molecule has 0 saturated heterocycles. The number of benzene rings is 1. The van der Waals surface area contributed by atoms with Gasteiger partial charge >= 0.3 is 142 Å². The third-order valence-corrected chi connectivity index (χ3v) is 4.68. The zero-order chi connectivity index (χ0) is 19.9. The summed E-state index contributed by atoms with van der Waals surface area (Å²) in [5.41, 5.74) is 3.75. The predicted molar refractivity (Wildman–Crippen MR) is 109 cm³/mol. The summed E-state index contributed by atoms with van der Waals surface area (Å²) < 4.78 is 0.598. The van der Waals surface area contributed by atoms with E-state index in [0.717, 1.165) is 16.8 Å². The van der Waals surface area contributed by atoms with E-state index >= 15 is 0 Å². The summed E-state index contributed by atoms with van der Waals surface area (Å²) >= 11 is 2.31. The van der Waals surface area contributed by atoms with Gasteiger partial charge in [-0.2, -0.15) is 0 Å². The second kappa shape index (κ2) is 9.15. The van der Waals surface area contributed by atoms with E-state index in [9.17, 15) is 9.59 Å². The number of hydrogen-bond donors (Lipinski definition) is 3. The molecule has 7 nitrogen and oxygen atoms in total. The molecular formula is C20H18AsN5O2. The van der Waals surface area contributed by atoms with E-state index in [1.807, 2.05) is 24.3 Å². The maximum absolute atomic E-state index is 12.0. The number of anilines is 1. The van der Waals surface area contributed by atoms with Crippen molar-refractivity contribution in [1.29, 1.82) is 0 Å². The summed E-state index contributed by atoms with van der Waals surface area (Å²) in [4.78, 5) is 32.3. The van der Waals surface area contributed by atoms with Crippen molar-refractivity contribution in [2.45, 2.75) is 6.54 Å². The molecule has 8 heteroatoms. The zero-order valence-corrected chi connectivity index (χ0v) is 17.0. The molecule has 0 saturated carbocycles. The molecule has 2 heterocycles. The second-order valence-electron chi connectivity index (χ2n) is 5.89. The van der Waals surface area contributed by atoms with Crippen LogP contribution in [0.15, 0.2) is 60.9 Å². The Balaban J connectivity index is 1.62. The predicted octanol–water partition coefficient (Wildman–Crippen LogP) is 1.62. The molecule has 2 aromatic heterocycles. The van der Waals surface area contributed by atoms with Gasteiger partial charge in [-0.3, -0.25) is 4.98 Å². The molecule has 0 bridgehead atoms. The summed E-state index contributed by atoms with van der Waals surface area (Å²) in [5, 5.41) is 8.16. The minimum absolute atomic E-state index is 0.175. The van der Waals surface area contributed by atoms with Gasteiger partial charge in [-0.15, -0.1) is 0 Å².